The minimum atomic E-state index is -0.686. The summed E-state index contributed by atoms with van der Waals surface area (Å²) >= 11 is 3.27. The van der Waals surface area contributed by atoms with E-state index in [9.17, 15) is 19.2 Å². The molecule has 0 bridgehead atoms. The van der Waals surface area contributed by atoms with Gasteiger partial charge < -0.3 is 9.64 Å². The Morgan fingerprint density at radius 1 is 1.06 bits per heavy atom. The quantitative estimate of drug-likeness (QED) is 0.497. The lowest BCUT2D eigenvalue weighted by Crippen LogP contribution is -2.43. The first-order valence-electron chi connectivity index (χ1n) is 9.63. The monoisotopic (exact) mass is 487 g/mol. The van der Waals surface area contributed by atoms with Gasteiger partial charge in [0.25, 0.3) is 11.8 Å². The third kappa shape index (κ3) is 5.91. The molecule has 1 aliphatic rings. The van der Waals surface area contributed by atoms with Crippen LogP contribution in [0, 0.1) is 19.8 Å². The number of aryl methyl sites for hydroxylation is 2. The second-order valence-electron chi connectivity index (χ2n) is 7.37. The van der Waals surface area contributed by atoms with Crippen molar-refractivity contribution in [1.29, 1.82) is 0 Å². The van der Waals surface area contributed by atoms with Gasteiger partial charge in [-0.2, -0.15) is 0 Å². The SMILES string of the molecule is Cc1cc(C)cc(N2C[C@@H](C(=O)OCC(=O)NNC(=O)c3ccc(Br)cc3)CC2=O)c1. The molecular weight excluding hydrogens is 466 g/mol. The number of nitrogens with zero attached hydrogens (tertiary/aromatic N) is 1. The van der Waals surface area contributed by atoms with E-state index in [0.717, 1.165) is 21.3 Å². The first kappa shape index (κ1) is 22.5. The molecule has 0 radical (unpaired) electrons. The zero-order chi connectivity index (χ0) is 22.5. The van der Waals surface area contributed by atoms with Crippen molar-refractivity contribution in [3.63, 3.8) is 0 Å². The highest BCUT2D eigenvalue weighted by molar-refractivity contribution is 9.10. The van der Waals surface area contributed by atoms with Crippen LogP contribution in [0.4, 0.5) is 5.69 Å². The molecule has 8 nitrogen and oxygen atoms in total. The summed E-state index contributed by atoms with van der Waals surface area (Å²) in [6.07, 6.45) is 0.0216. The van der Waals surface area contributed by atoms with Gasteiger partial charge in [-0.3, -0.25) is 30.0 Å². The van der Waals surface area contributed by atoms with Crippen molar-refractivity contribution in [1.82, 2.24) is 10.9 Å². The Bertz CT molecular complexity index is 1000. The first-order valence-corrected chi connectivity index (χ1v) is 10.4. The lowest BCUT2D eigenvalue weighted by atomic mass is 10.1. The molecule has 1 heterocycles. The van der Waals surface area contributed by atoms with E-state index in [1.807, 2.05) is 32.0 Å². The second-order valence-corrected chi connectivity index (χ2v) is 8.28. The van der Waals surface area contributed by atoms with Crippen LogP contribution < -0.4 is 15.8 Å². The molecule has 1 fully saturated rings. The Hall–Kier alpha value is -3.20. The zero-order valence-corrected chi connectivity index (χ0v) is 18.7. The lowest BCUT2D eigenvalue weighted by molar-refractivity contribution is -0.152. The predicted octanol–water partition coefficient (Wildman–Crippen LogP) is 2.42. The molecule has 9 heteroatoms. The number of carbonyl (C=O) groups is 4. The van der Waals surface area contributed by atoms with Crippen LogP contribution in [0.25, 0.3) is 0 Å². The maximum absolute atomic E-state index is 12.4. The second kappa shape index (κ2) is 9.74. The average molecular weight is 488 g/mol. The minimum absolute atomic E-state index is 0.0216. The van der Waals surface area contributed by atoms with Crippen LogP contribution in [0.15, 0.2) is 46.9 Å². The Labute approximate surface area is 188 Å². The maximum Gasteiger partial charge on any atom is 0.311 e. The van der Waals surface area contributed by atoms with E-state index in [2.05, 4.69) is 26.8 Å². The number of hydrogen-bond donors (Lipinski definition) is 2. The first-order chi connectivity index (χ1) is 14.7. The predicted molar refractivity (Wildman–Crippen MR) is 117 cm³/mol. The zero-order valence-electron chi connectivity index (χ0n) is 17.1. The van der Waals surface area contributed by atoms with Crippen LogP contribution in [0.2, 0.25) is 0 Å². The number of hydrogen-bond acceptors (Lipinski definition) is 5. The van der Waals surface area contributed by atoms with E-state index in [4.69, 9.17) is 4.74 Å². The van der Waals surface area contributed by atoms with Gasteiger partial charge in [-0.05, 0) is 61.4 Å². The molecule has 31 heavy (non-hydrogen) atoms. The van der Waals surface area contributed by atoms with Crippen molar-refractivity contribution >= 4 is 45.3 Å². The van der Waals surface area contributed by atoms with Gasteiger partial charge in [0.15, 0.2) is 6.61 Å². The summed E-state index contributed by atoms with van der Waals surface area (Å²) < 4.78 is 5.85. The van der Waals surface area contributed by atoms with E-state index in [1.54, 1.807) is 29.2 Å². The highest BCUT2D eigenvalue weighted by Crippen LogP contribution is 2.27. The Morgan fingerprint density at radius 2 is 1.71 bits per heavy atom. The summed E-state index contributed by atoms with van der Waals surface area (Å²) in [4.78, 5) is 50.1. The van der Waals surface area contributed by atoms with Crippen LogP contribution in [-0.4, -0.2) is 36.8 Å². The van der Waals surface area contributed by atoms with Gasteiger partial charge in [-0.25, -0.2) is 0 Å². The van der Waals surface area contributed by atoms with Crippen molar-refractivity contribution < 1.29 is 23.9 Å². The summed E-state index contributed by atoms with van der Waals surface area (Å²) in [5.74, 6) is -2.64. The molecule has 2 N–H and O–H groups in total. The van der Waals surface area contributed by atoms with Crippen LogP contribution in [0.1, 0.15) is 27.9 Å². The van der Waals surface area contributed by atoms with Gasteiger partial charge in [0.1, 0.15) is 0 Å². The molecule has 3 amide bonds. The lowest BCUT2D eigenvalue weighted by Gasteiger charge is -2.18. The topological polar surface area (TPSA) is 105 Å². The van der Waals surface area contributed by atoms with Crippen LogP contribution in [0.5, 0.6) is 0 Å². The third-order valence-electron chi connectivity index (χ3n) is 4.74. The highest BCUT2D eigenvalue weighted by Gasteiger charge is 2.36. The number of anilines is 1. The van der Waals surface area contributed by atoms with E-state index in [1.165, 1.54) is 0 Å². The Kier molecular flexibility index (Phi) is 7.06. The number of carbonyl (C=O) groups excluding carboxylic acids is 4. The fourth-order valence-corrected chi connectivity index (χ4v) is 3.58. The van der Waals surface area contributed by atoms with E-state index < -0.39 is 30.3 Å². The van der Waals surface area contributed by atoms with Crippen molar-refractivity contribution in [3.8, 4) is 0 Å². The van der Waals surface area contributed by atoms with E-state index >= 15 is 0 Å². The molecule has 162 valence electrons. The molecule has 1 saturated heterocycles. The fourth-order valence-electron chi connectivity index (χ4n) is 3.31. The summed E-state index contributed by atoms with van der Waals surface area (Å²) in [7, 11) is 0. The van der Waals surface area contributed by atoms with Gasteiger partial charge in [0, 0.05) is 28.7 Å². The third-order valence-corrected chi connectivity index (χ3v) is 5.27. The molecule has 0 aromatic heterocycles. The van der Waals surface area contributed by atoms with E-state index in [-0.39, 0.29) is 18.9 Å². The molecule has 0 spiro atoms. The number of ether oxygens (including phenoxy) is 1. The smallest absolute Gasteiger partial charge is 0.311 e. The van der Waals surface area contributed by atoms with Gasteiger partial charge in [-0.1, -0.05) is 22.0 Å². The molecule has 0 saturated carbocycles. The normalized spacial score (nSPS) is 15.5. The molecule has 0 unspecified atom stereocenters. The number of nitrogens with one attached hydrogen (secondary N) is 2. The Balaban J connectivity index is 1.47. The largest absolute Gasteiger partial charge is 0.455 e. The number of halogens is 1. The number of esters is 1. The van der Waals surface area contributed by atoms with Crippen molar-refractivity contribution in [2.24, 2.45) is 5.92 Å². The number of benzene rings is 2. The van der Waals surface area contributed by atoms with Crippen molar-refractivity contribution in [2.45, 2.75) is 20.3 Å². The number of amides is 3. The molecule has 2 aromatic carbocycles. The molecular formula is C22H22BrN3O5. The van der Waals surface area contributed by atoms with Gasteiger partial charge in [-0.15, -0.1) is 0 Å². The van der Waals surface area contributed by atoms with E-state index in [0.29, 0.717) is 5.56 Å². The summed E-state index contributed by atoms with van der Waals surface area (Å²) in [5, 5.41) is 0. The number of rotatable bonds is 5. The summed E-state index contributed by atoms with van der Waals surface area (Å²) in [6, 6.07) is 12.4. The molecule has 2 aromatic rings. The molecule has 1 atom stereocenters. The standard InChI is InChI=1S/C22H22BrN3O5/c1-13-7-14(2)9-18(8-13)26-11-16(10-20(26)28)22(30)31-12-19(27)24-25-21(29)15-3-5-17(23)6-4-15/h3-9,16H,10-12H2,1-2H3,(H,24,27)(H,25,29)/t16-/m0/s1. The van der Waals surface area contributed by atoms with Gasteiger partial charge in [0.2, 0.25) is 5.91 Å². The van der Waals surface area contributed by atoms with Crippen molar-refractivity contribution in [3.05, 3.63) is 63.6 Å². The van der Waals surface area contributed by atoms with Crippen LogP contribution >= 0.6 is 15.9 Å². The van der Waals surface area contributed by atoms with Crippen molar-refractivity contribution in [2.75, 3.05) is 18.1 Å². The summed E-state index contributed by atoms with van der Waals surface area (Å²) in [6.45, 7) is 3.52. The van der Waals surface area contributed by atoms with Gasteiger partial charge in [0.05, 0.1) is 5.92 Å². The molecule has 3 rings (SSSR count). The average Bonchev–Trinajstić information content (AvgIpc) is 3.12. The molecule has 0 aliphatic carbocycles. The fraction of sp³-hybridized carbons (Fsp3) is 0.273. The number of hydrazine groups is 1. The summed E-state index contributed by atoms with van der Waals surface area (Å²) in [5.41, 5.74) is 7.59. The maximum atomic E-state index is 12.4. The minimum Gasteiger partial charge on any atom is -0.455 e. The Morgan fingerprint density at radius 3 is 2.35 bits per heavy atom. The van der Waals surface area contributed by atoms with Gasteiger partial charge >= 0.3 is 5.97 Å². The highest BCUT2D eigenvalue weighted by atomic mass is 79.9. The molecule has 1 aliphatic heterocycles. The van der Waals surface area contributed by atoms with Crippen LogP contribution in [0.3, 0.4) is 0 Å². The van der Waals surface area contributed by atoms with Crippen LogP contribution in [-0.2, 0) is 19.1 Å².